The first-order valence-electron chi connectivity index (χ1n) is 10.7. The first-order valence-corrected chi connectivity index (χ1v) is 10.7. The highest BCUT2D eigenvalue weighted by molar-refractivity contribution is 5.92. The predicted octanol–water partition coefficient (Wildman–Crippen LogP) is 3.82. The third-order valence-electron chi connectivity index (χ3n) is 7.33. The van der Waals surface area contributed by atoms with Crippen LogP contribution in [0.25, 0.3) is 0 Å². The molecule has 1 aromatic carbocycles. The number of rotatable bonds is 3. The molecule has 6 rings (SSSR count). The minimum atomic E-state index is -0.839. The van der Waals surface area contributed by atoms with E-state index in [1.54, 1.807) is 0 Å². The molecule has 6 heteroatoms. The Bertz CT molecular complexity index is 839. The van der Waals surface area contributed by atoms with Gasteiger partial charge in [0.05, 0.1) is 0 Å². The first kappa shape index (κ1) is 19.1. The van der Waals surface area contributed by atoms with E-state index < -0.39 is 17.7 Å². The van der Waals surface area contributed by atoms with Crippen molar-refractivity contribution < 1.29 is 24.0 Å². The second-order valence-electron chi connectivity index (χ2n) is 9.15. The van der Waals surface area contributed by atoms with Gasteiger partial charge in [-0.25, -0.2) is 9.78 Å². The smallest absolute Gasteiger partial charge is 0.286 e. The minimum Gasteiger partial charge on any atom is -0.456 e. The molecule has 4 aliphatic heterocycles. The van der Waals surface area contributed by atoms with Crippen LogP contribution in [0.4, 0.5) is 0 Å². The average molecular weight is 399 g/mol. The quantitative estimate of drug-likeness (QED) is 0.783. The molecule has 1 amide bonds. The summed E-state index contributed by atoms with van der Waals surface area (Å²) in [5.41, 5.74) is 1.30. The number of carbonyl (C=O) groups excluding carboxylic acids is 1. The van der Waals surface area contributed by atoms with Gasteiger partial charge in [0, 0.05) is 24.8 Å². The molecule has 4 fully saturated rings. The zero-order valence-electron chi connectivity index (χ0n) is 17.3. The van der Waals surface area contributed by atoms with Gasteiger partial charge >= 0.3 is 0 Å². The summed E-state index contributed by atoms with van der Waals surface area (Å²) in [5.74, 6) is 0.142. The van der Waals surface area contributed by atoms with E-state index in [0.717, 1.165) is 36.8 Å². The lowest BCUT2D eigenvalue weighted by molar-refractivity contribution is -0.555. The number of carbonyl (C=O) groups is 1. The van der Waals surface area contributed by atoms with E-state index in [9.17, 15) is 4.79 Å². The fourth-order valence-electron chi connectivity index (χ4n) is 5.70. The molecule has 1 aliphatic carbocycles. The van der Waals surface area contributed by atoms with Crippen LogP contribution < -0.4 is 5.32 Å². The van der Waals surface area contributed by atoms with Gasteiger partial charge in [-0.05, 0) is 50.2 Å². The summed E-state index contributed by atoms with van der Waals surface area (Å²) < 4.78 is 12.5. The van der Waals surface area contributed by atoms with Gasteiger partial charge in [0.2, 0.25) is 12.1 Å². The van der Waals surface area contributed by atoms with Gasteiger partial charge in [-0.2, -0.15) is 0 Å². The van der Waals surface area contributed by atoms with Crippen LogP contribution in [0.2, 0.25) is 0 Å². The molecule has 6 nitrogen and oxygen atoms in total. The van der Waals surface area contributed by atoms with Crippen molar-refractivity contribution >= 4 is 5.91 Å². The Morgan fingerprint density at radius 1 is 1.17 bits per heavy atom. The number of hydrogen-bond acceptors (Lipinski definition) is 5. The number of amides is 1. The van der Waals surface area contributed by atoms with Crippen molar-refractivity contribution in [2.45, 2.75) is 70.7 Å². The summed E-state index contributed by atoms with van der Waals surface area (Å²) in [4.78, 5) is 24.9. The SMILES string of the molecule is CC1=C(C(=O)NCc2ccccc2)O[C@@H]2O[C@@]3(C)CC[C@H]4[C@H](C)CC[C@@H]1[C@@]24OO3. The van der Waals surface area contributed by atoms with E-state index in [0.29, 0.717) is 18.2 Å². The molecule has 5 aliphatic rings. The van der Waals surface area contributed by atoms with Gasteiger partial charge in [0.15, 0.2) is 11.4 Å². The molecule has 4 heterocycles. The van der Waals surface area contributed by atoms with Crippen molar-refractivity contribution in [3.63, 3.8) is 0 Å². The summed E-state index contributed by atoms with van der Waals surface area (Å²) in [6.07, 6.45) is 3.12. The monoisotopic (exact) mass is 399 g/mol. The van der Waals surface area contributed by atoms with Crippen LogP contribution in [0.3, 0.4) is 0 Å². The molecular weight excluding hydrogens is 370 g/mol. The highest BCUT2D eigenvalue weighted by Gasteiger charge is 2.68. The Hall–Kier alpha value is -1.89. The predicted molar refractivity (Wildman–Crippen MR) is 105 cm³/mol. The Morgan fingerprint density at radius 2 is 1.97 bits per heavy atom. The Balaban J connectivity index is 1.46. The largest absolute Gasteiger partial charge is 0.456 e. The van der Waals surface area contributed by atoms with Crippen LogP contribution in [0, 0.1) is 17.8 Å². The lowest BCUT2D eigenvalue weighted by atomic mass is 9.59. The minimum absolute atomic E-state index is 0.0441. The Kier molecular flexibility index (Phi) is 4.49. The van der Waals surface area contributed by atoms with Gasteiger partial charge in [-0.3, -0.25) is 4.79 Å². The number of ether oxygens (including phenoxy) is 2. The van der Waals surface area contributed by atoms with Crippen LogP contribution in [0.1, 0.15) is 52.0 Å². The molecule has 6 atom stereocenters. The number of fused-ring (bicyclic) bond motifs is 2. The summed E-state index contributed by atoms with van der Waals surface area (Å²) >= 11 is 0. The Labute approximate surface area is 171 Å². The van der Waals surface area contributed by atoms with Crippen LogP contribution >= 0.6 is 0 Å². The summed E-state index contributed by atoms with van der Waals surface area (Å²) in [6, 6.07) is 9.87. The maximum atomic E-state index is 13.0. The molecule has 0 unspecified atom stereocenters. The summed E-state index contributed by atoms with van der Waals surface area (Å²) in [7, 11) is 0. The molecule has 1 saturated carbocycles. The molecule has 1 aromatic rings. The van der Waals surface area contributed by atoms with Crippen molar-refractivity contribution in [1.82, 2.24) is 5.32 Å². The maximum Gasteiger partial charge on any atom is 0.286 e. The fraction of sp³-hybridized carbons (Fsp3) is 0.609. The van der Waals surface area contributed by atoms with Crippen molar-refractivity contribution in [2.24, 2.45) is 17.8 Å². The van der Waals surface area contributed by atoms with Crippen molar-refractivity contribution in [3.05, 3.63) is 47.2 Å². The first-order chi connectivity index (χ1) is 13.9. The summed E-state index contributed by atoms with van der Waals surface area (Å²) in [5, 5.41) is 2.99. The topological polar surface area (TPSA) is 66.0 Å². The Morgan fingerprint density at radius 3 is 2.76 bits per heavy atom. The van der Waals surface area contributed by atoms with E-state index >= 15 is 0 Å². The van der Waals surface area contributed by atoms with E-state index in [1.165, 1.54) is 0 Å². The van der Waals surface area contributed by atoms with Gasteiger partial charge in [0.1, 0.15) is 0 Å². The average Bonchev–Trinajstić information content (AvgIpc) is 2.95. The van der Waals surface area contributed by atoms with Crippen LogP contribution in [0.5, 0.6) is 0 Å². The van der Waals surface area contributed by atoms with Gasteiger partial charge in [-0.15, -0.1) is 0 Å². The molecular formula is C23H29NO5. The molecule has 0 radical (unpaired) electrons. The highest BCUT2D eigenvalue weighted by Crippen LogP contribution is 2.60. The molecule has 3 saturated heterocycles. The van der Waals surface area contributed by atoms with Crippen LogP contribution in [0.15, 0.2) is 41.7 Å². The molecule has 29 heavy (non-hydrogen) atoms. The maximum absolute atomic E-state index is 13.0. The van der Waals surface area contributed by atoms with Crippen molar-refractivity contribution in [3.8, 4) is 0 Å². The van der Waals surface area contributed by atoms with Crippen molar-refractivity contribution in [2.75, 3.05) is 0 Å². The van der Waals surface area contributed by atoms with E-state index in [2.05, 4.69) is 12.2 Å². The molecule has 2 bridgehead atoms. The number of benzene rings is 1. The third kappa shape index (κ3) is 2.92. The standard InChI is InChI=1S/C23H29NO5/c1-14-9-10-18-15(2)19(20(25)24-13-16-7-5-4-6-8-16)26-21-23(18)17(14)11-12-22(3,27-21)28-29-23/h4-8,14,17-18,21H,9-13H2,1-3H3,(H,24,25)/t14-,17+,18+,21-,22-,23-/m1/s1. The zero-order valence-corrected chi connectivity index (χ0v) is 17.3. The lowest BCUT2D eigenvalue weighted by Gasteiger charge is -2.57. The lowest BCUT2D eigenvalue weighted by Crippen LogP contribution is -2.67. The number of hydrogen-bond donors (Lipinski definition) is 1. The third-order valence-corrected chi connectivity index (χ3v) is 7.33. The van der Waals surface area contributed by atoms with E-state index in [4.69, 9.17) is 19.2 Å². The van der Waals surface area contributed by atoms with Crippen molar-refractivity contribution in [1.29, 1.82) is 0 Å². The molecule has 1 N–H and O–H groups in total. The van der Waals surface area contributed by atoms with Gasteiger partial charge in [0.25, 0.3) is 5.91 Å². The number of nitrogens with one attached hydrogen (secondary N) is 1. The molecule has 156 valence electrons. The second kappa shape index (κ2) is 6.83. The molecule has 0 aromatic heterocycles. The normalized spacial score (nSPS) is 40.7. The molecule has 1 spiro atoms. The van der Waals surface area contributed by atoms with E-state index in [1.807, 2.05) is 44.2 Å². The van der Waals surface area contributed by atoms with Gasteiger partial charge in [-0.1, -0.05) is 37.3 Å². The van der Waals surface area contributed by atoms with Crippen LogP contribution in [-0.4, -0.2) is 23.6 Å². The highest BCUT2D eigenvalue weighted by atomic mass is 17.3. The summed E-state index contributed by atoms with van der Waals surface area (Å²) in [6.45, 7) is 6.61. The van der Waals surface area contributed by atoms with E-state index in [-0.39, 0.29) is 17.7 Å². The fourth-order valence-corrected chi connectivity index (χ4v) is 5.70. The van der Waals surface area contributed by atoms with Crippen LogP contribution in [-0.2, 0) is 30.6 Å². The van der Waals surface area contributed by atoms with Gasteiger partial charge < -0.3 is 14.8 Å². The second-order valence-corrected chi connectivity index (χ2v) is 9.15. The zero-order chi connectivity index (χ0) is 20.2.